The van der Waals surface area contributed by atoms with Crippen LogP contribution < -0.4 is 11.5 Å². The summed E-state index contributed by atoms with van der Waals surface area (Å²) in [5.41, 5.74) is 10.5. The van der Waals surface area contributed by atoms with E-state index < -0.39 is 24.5 Å². The van der Waals surface area contributed by atoms with Gasteiger partial charge in [-0.1, -0.05) is 30.3 Å². The Morgan fingerprint density at radius 2 is 2.00 bits per heavy atom. The Morgan fingerprint density at radius 3 is 2.56 bits per heavy atom. The molecule has 1 atom stereocenters. The van der Waals surface area contributed by atoms with E-state index in [0.29, 0.717) is 25.1 Å². The van der Waals surface area contributed by atoms with Crippen molar-refractivity contribution in [2.45, 2.75) is 44.2 Å². The molecule has 0 aliphatic heterocycles. The minimum absolute atomic E-state index is 0.149. The molecule has 1 unspecified atom stereocenters. The summed E-state index contributed by atoms with van der Waals surface area (Å²) in [6, 6.07) is 9.56. The number of rotatable bonds is 9. The molecule has 0 bridgehead atoms. The second kappa shape index (κ2) is 8.35. The van der Waals surface area contributed by atoms with E-state index in [9.17, 15) is 14.8 Å². The Morgan fingerprint density at radius 1 is 1.32 bits per heavy atom. The maximum Gasteiger partial charge on any atom is 0.489 e. The van der Waals surface area contributed by atoms with Crippen LogP contribution in [-0.2, 0) is 16.7 Å². The second-order valence-corrected chi connectivity index (χ2v) is 6.16. The van der Waals surface area contributed by atoms with Crippen LogP contribution in [-0.4, -0.2) is 43.9 Å². The molecular formula is C16H24BN5O3. The third kappa shape index (κ3) is 4.32. The van der Waals surface area contributed by atoms with Crippen molar-refractivity contribution < 1.29 is 14.8 Å². The number of aromatic nitrogens is 3. The van der Waals surface area contributed by atoms with Crippen LogP contribution in [0.1, 0.15) is 37.6 Å². The Kier molecular flexibility index (Phi) is 6.43. The fourth-order valence-electron chi connectivity index (χ4n) is 2.96. The molecule has 2 rings (SSSR count). The molecule has 8 nitrogen and oxygen atoms in total. The molecule has 1 aromatic heterocycles. The van der Waals surface area contributed by atoms with Gasteiger partial charge in [0.2, 0.25) is 0 Å². The minimum Gasteiger partial charge on any atom is -0.425 e. The summed E-state index contributed by atoms with van der Waals surface area (Å²) >= 11 is 0. The van der Waals surface area contributed by atoms with Crippen LogP contribution in [0.2, 0.25) is 0 Å². The molecule has 0 amide bonds. The lowest BCUT2D eigenvalue weighted by atomic mass is 9.60. The summed E-state index contributed by atoms with van der Waals surface area (Å²) in [5, 5.41) is 24.2. The van der Waals surface area contributed by atoms with E-state index in [1.165, 1.54) is 17.9 Å². The maximum atomic E-state index is 12.4. The van der Waals surface area contributed by atoms with Gasteiger partial charge in [-0.25, -0.2) is 9.67 Å². The molecule has 0 aliphatic rings. The fourth-order valence-corrected chi connectivity index (χ4v) is 2.96. The van der Waals surface area contributed by atoms with Crippen LogP contribution in [0.5, 0.6) is 0 Å². The Hall–Kier alpha value is -2.07. The lowest BCUT2D eigenvalue weighted by Crippen LogP contribution is -2.55. The van der Waals surface area contributed by atoms with Crippen molar-refractivity contribution in [3.8, 4) is 0 Å². The molecule has 0 aliphatic carbocycles. The number of carbonyl (C=O) groups is 1. The van der Waals surface area contributed by atoms with Crippen LogP contribution >= 0.6 is 0 Å². The molecule has 9 heteroatoms. The van der Waals surface area contributed by atoms with Crippen molar-refractivity contribution in [1.29, 1.82) is 0 Å². The van der Waals surface area contributed by atoms with E-state index in [0.717, 1.165) is 5.56 Å². The van der Waals surface area contributed by atoms with Gasteiger partial charge in [-0.15, -0.1) is 0 Å². The largest absolute Gasteiger partial charge is 0.489 e. The van der Waals surface area contributed by atoms with Crippen LogP contribution in [0.25, 0.3) is 0 Å². The average Bonchev–Trinajstić information content (AvgIpc) is 3.00. The summed E-state index contributed by atoms with van der Waals surface area (Å²) in [4.78, 5) is 16.6. The van der Waals surface area contributed by atoms with Gasteiger partial charge < -0.3 is 21.5 Å². The van der Waals surface area contributed by atoms with Gasteiger partial charge >= 0.3 is 7.12 Å². The van der Waals surface area contributed by atoms with Gasteiger partial charge in [-0.2, -0.15) is 5.10 Å². The predicted molar refractivity (Wildman–Crippen MR) is 94.1 cm³/mol. The van der Waals surface area contributed by atoms with Crippen LogP contribution in [0, 0.1) is 0 Å². The van der Waals surface area contributed by atoms with Gasteiger partial charge in [-0.05, 0) is 31.7 Å². The van der Waals surface area contributed by atoms with Gasteiger partial charge in [0.25, 0.3) is 0 Å². The number of hydrogen-bond donors (Lipinski definition) is 4. The maximum absolute atomic E-state index is 12.4. The van der Waals surface area contributed by atoms with Crippen molar-refractivity contribution >= 4 is 12.9 Å². The highest BCUT2D eigenvalue weighted by Crippen LogP contribution is 2.28. The predicted octanol–water partition coefficient (Wildman–Crippen LogP) is -0.421. The lowest BCUT2D eigenvalue weighted by molar-refractivity contribution is -0.123. The number of carbonyl (C=O) groups excluding carboxylic acids is 1. The van der Waals surface area contributed by atoms with Gasteiger partial charge in [-0.3, -0.25) is 4.79 Å². The van der Waals surface area contributed by atoms with Gasteiger partial charge in [0.05, 0.1) is 6.17 Å². The molecular weight excluding hydrogens is 321 g/mol. The van der Waals surface area contributed by atoms with Crippen molar-refractivity contribution in [2.24, 2.45) is 11.5 Å². The quantitative estimate of drug-likeness (QED) is 0.357. The van der Waals surface area contributed by atoms with E-state index in [2.05, 4.69) is 10.1 Å². The first-order chi connectivity index (χ1) is 11.9. The van der Waals surface area contributed by atoms with Crippen molar-refractivity contribution in [2.75, 3.05) is 0 Å². The highest BCUT2D eigenvalue weighted by Gasteiger charge is 2.50. The van der Waals surface area contributed by atoms with E-state index in [4.69, 9.17) is 11.5 Å². The monoisotopic (exact) mass is 345 g/mol. The first-order valence-electron chi connectivity index (χ1n) is 8.19. The Balaban J connectivity index is 2.37. The van der Waals surface area contributed by atoms with Crippen molar-refractivity contribution in [1.82, 2.24) is 14.8 Å². The molecule has 6 N–H and O–H groups in total. The number of benzene rings is 1. The average molecular weight is 345 g/mol. The lowest BCUT2D eigenvalue weighted by Gasteiger charge is -2.32. The van der Waals surface area contributed by atoms with Crippen LogP contribution in [0.4, 0.5) is 0 Å². The molecule has 0 fully saturated rings. The molecule has 25 heavy (non-hydrogen) atoms. The van der Waals surface area contributed by atoms with Gasteiger partial charge in [0.15, 0.2) is 11.2 Å². The normalized spacial score (nSPS) is 13.7. The molecule has 1 heterocycles. The zero-order valence-corrected chi connectivity index (χ0v) is 14.2. The zero-order valence-electron chi connectivity index (χ0n) is 14.2. The third-order valence-corrected chi connectivity index (χ3v) is 4.33. The molecule has 0 saturated heterocycles. The fraction of sp³-hybridized carbons (Fsp3) is 0.438. The second-order valence-electron chi connectivity index (χ2n) is 6.16. The number of hydrogen-bond acceptors (Lipinski definition) is 7. The molecule has 1 aromatic carbocycles. The Bertz CT molecular complexity index is 692. The van der Waals surface area contributed by atoms with Crippen molar-refractivity contribution in [3.63, 3.8) is 0 Å². The first kappa shape index (κ1) is 19.3. The Labute approximate surface area is 147 Å². The first-order valence-corrected chi connectivity index (χ1v) is 8.19. The minimum atomic E-state index is -1.92. The molecule has 0 radical (unpaired) electrons. The number of nitrogens with zero attached hydrogens (tertiary/aromatic N) is 3. The smallest absolute Gasteiger partial charge is 0.425 e. The summed E-state index contributed by atoms with van der Waals surface area (Å²) in [6.45, 7) is 1.32. The topological polar surface area (TPSA) is 140 Å². The molecule has 0 spiro atoms. The molecule has 134 valence electrons. The third-order valence-electron chi connectivity index (χ3n) is 4.33. The van der Waals surface area contributed by atoms with E-state index >= 15 is 0 Å². The summed E-state index contributed by atoms with van der Waals surface area (Å²) < 4.78 is 1.33. The number of ketones is 1. The van der Waals surface area contributed by atoms with E-state index in [1.54, 1.807) is 0 Å². The van der Waals surface area contributed by atoms with E-state index in [1.807, 2.05) is 30.3 Å². The standard InChI is InChI=1S/C16H24BN5O3/c1-12(23)16(17(24)25,9-5-8-14(18)19)22-15(20-11-21-22)10-13-6-3-2-4-7-13/h2-4,6-7,11,14,24-25H,5,8-10,18-19H2,1H3. The summed E-state index contributed by atoms with van der Waals surface area (Å²) in [7, 11) is -1.92. The van der Waals surface area contributed by atoms with Gasteiger partial charge in [0, 0.05) is 6.42 Å². The van der Waals surface area contributed by atoms with E-state index in [-0.39, 0.29) is 6.42 Å². The molecule has 2 aromatic rings. The zero-order chi connectivity index (χ0) is 18.4. The van der Waals surface area contributed by atoms with Gasteiger partial charge in [0.1, 0.15) is 12.2 Å². The highest BCUT2D eigenvalue weighted by atomic mass is 16.4. The SMILES string of the molecule is CC(=O)C(CCCC(N)N)(B(O)O)n1ncnc1Cc1ccccc1. The number of Topliss-reactive ketones (excluding diaryl/α,β-unsaturated/α-hetero) is 1. The highest BCUT2D eigenvalue weighted by molar-refractivity contribution is 6.50. The van der Waals surface area contributed by atoms with Crippen LogP contribution in [0.3, 0.4) is 0 Å². The van der Waals surface area contributed by atoms with Crippen LogP contribution in [0.15, 0.2) is 36.7 Å². The summed E-state index contributed by atoms with van der Waals surface area (Å²) in [5.74, 6) is 0.0689. The number of nitrogens with two attached hydrogens (primary N) is 2. The van der Waals surface area contributed by atoms with Crippen molar-refractivity contribution in [3.05, 3.63) is 48.0 Å². The molecule has 0 saturated carbocycles. The summed E-state index contributed by atoms with van der Waals surface area (Å²) in [6.07, 6.45) is 2.24.